The predicted molar refractivity (Wildman–Crippen MR) is 94.1 cm³/mol. The van der Waals surface area contributed by atoms with Crippen molar-refractivity contribution < 1.29 is 9.90 Å². The third-order valence-electron chi connectivity index (χ3n) is 4.01. The van der Waals surface area contributed by atoms with Gasteiger partial charge in [-0.2, -0.15) is 0 Å². The Morgan fingerprint density at radius 3 is 2.86 bits per heavy atom. The molecule has 1 amide bonds. The topological polar surface area (TPSA) is 49.3 Å². The fourth-order valence-corrected chi connectivity index (χ4v) is 4.04. The first-order valence-electron chi connectivity index (χ1n) is 6.95. The lowest BCUT2D eigenvalue weighted by Crippen LogP contribution is -2.54. The zero-order valence-corrected chi connectivity index (χ0v) is 15.4. The summed E-state index contributed by atoms with van der Waals surface area (Å²) >= 11 is 14.1. The molecule has 1 saturated carbocycles. The lowest BCUT2D eigenvalue weighted by Gasteiger charge is -2.39. The van der Waals surface area contributed by atoms with Crippen molar-refractivity contribution in [1.82, 2.24) is 5.32 Å². The highest BCUT2D eigenvalue weighted by molar-refractivity contribution is 14.1. The van der Waals surface area contributed by atoms with Gasteiger partial charge in [-0.1, -0.05) is 43.0 Å². The van der Waals surface area contributed by atoms with E-state index in [4.69, 9.17) is 23.2 Å². The molecule has 1 aliphatic carbocycles. The molecule has 1 aliphatic rings. The van der Waals surface area contributed by atoms with Crippen LogP contribution in [0.1, 0.15) is 43.0 Å². The molecule has 2 unspecified atom stereocenters. The minimum Gasteiger partial charge on any atom is -0.394 e. The van der Waals surface area contributed by atoms with Crippen LogP contribution in [-0.2, 0) is 0 Å². The Morgan fingerprint density at radius 1 is 1.52 bits per heavy atom. The van der Waals surface area contributed by atoms with Gasteiger partial charge in [-0.05, 0) is 53.5 Å². The summed E-state index contributed by atoms with van der Waals surface area (Å²) in [6, 6.07) is 3.23. The van der Waals surface area contributed by atoms with Gasteiger partial charge in [-0.3, -0.25) is 4.79 Å². The second kappa shape index (κ2) is 7.02. The van der Waals surface area contributed by atoms with Crippen LogP contribution in [-0.4, -0.2) is 23.2 Å². The summed E-state index contributed by atoms with van der Waals surface area (Å²) < 4.78 is 0.674. The molecule has 1 aromatic carbocycles. The van der Waals surface area contributed by atoms with E-state index in [-0.39, 0.29) is 12.5 Å². The molecule has 2 atom stereocenters. The van der Waals surface area contributed by atoms with Gasteiger partial charge in [0.25, 0.3) is 5.91 Å². The fourth-order valence-electron chi connectivity index (χ4n) is 2.99. The van der Waals surface area contributed by atoms with Crippen molar-refractivity contribution in [3.05, 3.63) is 31.3 Å². The van der Waals surface area contributed by atoms with Crippen molar-refractivity contribution >= 4 is 51.7 Å². The molecule has 0 aliphatic heterocycles. The minimum absolute atomic E-state index is 0.0477. The van der Waals surface area contributed by atoms with Gasteiger partial charge < -0.3 is 10.4 Å². The maximum atomic E-state index is 12.6. The molecule has 0 bridgehead atoms. The highest BCUT2D eigenvalue weighted by Crippen LogP contribution is 2.33. The van der Waals surface area contributed by atoms with Gasteiger partial charge in [0.15, 0.2) is 0 Å². The molecule has 0 heterocycles. The van der Waals surface area contributed by atoms with Crippen LogP contribution in [0.5, 0.6) is 0 Å². The highest BCUT2D eigenvalue weighted by atomic mass is 127. The first kappa shape index (κ1) is 17.3. The molecule has 116 valence electrons. The molecule has 21 heavy (non-hydrogen) atoms. The van der Waals surface area contributed by atoms with Crippen LogP contribution in [0, 0.1) is 9.49 Å². The van der Waals surface area contributed by atoms with E-state index in [1.165, 1.54) is 0 Å². The van der Waals surface area contributed by atoms with Gasteiger partial charge in [-0.15, -0.1) is 0 Å². The summed E-state index contributed by atoms with van der Waals surface area (Å²) in [5.41, 5.74) is -0.0775. The number of hydrogen-bond acceptors (Lipinski definition) is 2. The van der Waals surface area contributed by atoms with E-state index in [2.05, 4.69) is 12.2 Å². The van der Waals surface area contributed by atoms with E-state index < -0.39 is 5.54 Å². The number of nitrogens with one attached hydrogen (secondary N) is 1. The maximum Gasteiger partial charge on any atom is 0.252 e. The van der Waals surface area contributed by atoms with Gasteiger partial charge in [0.1, 0.15) is 0 Å². The van der Waals surface area contributed by atoms with E-state index >= 15 is 0 Å². The number of aliphatic hydroxyl groups is 1. The number of carbonyl (C=O) groups excluding carboxylic acids is 1. The van der Waals surface area contributed by atoms with Crippen LogP contribution < -0.4 is 5.32 Å². The fraction of sp³-hybridized carbons (Fsp3) is 0.533. The largest absolute Gasteiger partial charge is 0.394 e. The Hall–Kier alpha value is -0.0400. The first-order valence-corrected chi connectivity index (χ1v) is 8.78. The smallest absolute Gasteiger partial charge is 0.252 e. The third kappa shape index (κ3) is 4.03. The Bertz CT molecular complexity index is 553. The van der Waals surface area contributed by atoms with E-state index in [0.717, 1.165) is 25.7 Å². The average Bonchev–Trinajstić information content (AvgIpc) is 2.42. The van der Waals surface area contributed by atoms with Gasteiger partial charge in [-0.25, -0.2) is 0 Å². The predicted octanol–water partition coefficient (Wildman–Crippen LogP) is 4.27. The Balaban J connectivity index is 2.24. The molecule has 3 nitrogen and oxygen atoms in total. The highest BCUT2D eigenvalue weighted by Gasteiger charge is 2.36. The van der Waals surface area contributed by atoms with Crippen LogP contribution in [0.3, 0.4) is 0 Å². The molecular formula is C15H18Cl2INO2. The van der Waals surface area contributed by atoms with Crippen LogP contribution >= 0.6 is 45.8 Å². The summed E-state index contributed by atoms with van der Waals surface area (Å²) in [7, 11) is 0. The number of aliphatic hydroxyl groups excluding tert-OH is 1. The Kier molecular flexibility index (Phi) is 5.79. The third-order valence-corrected chi connectivity index (χ3v) is 6.01. The molecule has 1 fully saturated rings. The molecule has 0 aromatic heterocycles. The van der Waals surface area contributed by atoms with Crippen molar-refractivity contribution in [3.63, 3.8) is 0 Å². The molecule has 1 aromatic rings. The van der Waals surface area contributed by atoms with Crippen LogP contribution in [0.4, 0.5) is 0 Å². The van der Waals surface area contributed by atoms with Gasteiger partial charge in [0, 0.05) is 8.59 Å². The number of amides is 1. The summed E-state index contributed by atoms with van der Waals surface area (Å²) in [5.74, 6) is 0.264. The van der Waals surface area contributed by atoms with Crippen LogP contribution in [0.2, 0.25) is 10.0 Å². The summed E-state index contributed by atoms with van der Waals surface area (Å²) in [5, 5.41) is 13.7. The summed E-state index contributed by atoms with van der Waals surface area (Å²) in [6.07, 6.45) is 3.73. The molecule has 0 spiro atoms. The SMILES string of the molecule is CC1CCCC(CO)(NC(=O)c2cc(Cl)cc(Cl)c2I)C1. The summed E-state index contributed by atoms with van der Waals surface area (Å²) in [6.45, 7) is 2.10. The Labute approximate surface area is 148 Å². The Morgan fingerprint density at radius 2 is 2.24 bits per heavy atom. The average molecular weight is 442 g/mol. The number of carbonyl (C=O) groups is 1. The van der Waals surface area contributed by atoms with Gasteiger partial charge >= 0.3 is 0 Å². The standard InChI is InChI=1S/C15H18Cl2INO2/c1-9-3-2-4-15(7-9,8-20)19-14(21)11-5-10(16)6-12(17)13(11)18/h5-6,9,20H,2-4,7-8H2,1H3,(H,19,21). The van der Waals surface area contributed by atoms with Gasteiger partial charge in [0.05, 0.1) is 22.7 Å². The number of benzene rings is 1. The van der Waals surface area contributed by atoms with E-state index in [0.29, 0.717) is 25.1 Å². The van der Waals surface area contributed by atoms with Crippen LogP contribution in [0.25, 0.3) is 0 Å². The number of rotatable bonds is 3. The zero-order chi connectivity index (χ0) is 15.6. The molecule has 2 rings (SSSR count). The second-order valence-electron chi connectivity index (χ2n) is 5.84. The van der Waals surface area contributed by atoms with Crippen molar-refractivity contribution in [2.45, 2.75) is 38.1 Å². The van der Waals surface area contributed by atoms with Crippen molar-refractivity contribution in [2.75, 3.05) is 6.61 Å². The molecular weight excluding hydrogens is 424 g/mol. The van der Waals surface area contributed by atoms with Crippen LogP contribution in [0.15, 0.2) is 12.1 Å². The van der Waals surface area contributed by atoms with E-state index in [1.54, 1.807) is 12.1 Å². The molecule has 6 heteroatoms. The lowest BCUT2D eigenvalue weighted by atomic mass is 9.76. The monoisotopic (exact) mass is 441 g/mol. The first-order chi connectivity index (χ1) is 9.87. The lowest BCUT2D eigenvalue weighted by molar-refractivity contribution is 0.0696. The maximum absolute atomic E-state index is 12.6. The van der Waals surface area contributed by atoms with E-state index in [9.17, 15) is 9.90 Å². The normalized spacial score (nSPS) is 25.7. The van der Waals surface area contributed by atoms with Crippen molar-refractivity contribution in [3.8, 4) is 0 Å². The quantitative estimate of drug-likeness (QED) is 0.543. The number of halogens is 3. The molecule has 0 saturated heterocycles. The van der Waals surface area contributed by atoms with Crippen molar-refractivity contribution in [1.29, 1.82) is 0 Å². The number of hydrogen-bond donors (Lipinski definition) is 2. The molecule has 2 N–H and O–H groups in total. The van der Waals surface area contributed by atoms with Gasteiger partial charge in [0.2, 0.25) is 0 Å². The molecule has 0 radical (unpaired) electrons. The van der Waals surface area contributed by atoms with E-state index in [1.807, 2.05) is 22.6 Å². The van der Waals surface area contributed by atoms with Crippen molar-refractivity contribution in [2.24, 2.45) is 5.92 Å². The summed E-state index contributed by atoms with van der Waals surface area (Å²) in [4.78, 5) is 12.6. The zero-order valence-electron chi connectivity index (χ0n) is 11.8. The second-order valence-corrected chi connectivity index (χ2v) is 7.77. The minimum atomic E-state index is -0.535.